The van der Waals surface area contributed by atoms with E-state index in [1.54, 1.807) is 12.4 Å². The molecule has 1 fully saturated rings. The number of rotatable bonds is 2. The van der Waals surface area contributed by atoms with Gasteiger partial charge >= 0.3 is 0 Å². The first kappa shape index (κ1) is 10.4. The van der Waals surface area contributed by atoms with E-state index in [4.69, 9.17) is 4.42 Å². The van der Waals surface area contributed by atoms with E-state index in [2.05, 4.69) is 27.1 Å². The molecule has 0 aromatic carbocycles. The first-order valence-electron chi connectivity index (χ1n) is 5.75. The van der Waals surface area contributed by atoms with E-state index in [1.807, 2.05) is 12.1 Å². The van der Waals surface area contributed by atoms with Crippen molar-refractivity contribution in [2.75, 3.05) is 20.1 Å². The summed E-state index contributed by atoms with van der Waals surface area (Å²) in [6, 6.07) is 3.75. The van der Waals surface area contributed by atoms with Crippen molar-refractivity contribution in [3.8, 4) is 11.5 Å². The first-order valence-corrected chi connectivity index (χ1v) is 5.75. The van der Waals surface area contributed by atoms with Gasteiger partial charge in [-0.1, -0.05) is 0 Å². The minimum absolute atomic E-state index is 0.378. The van der Waals surface area contributed by atoms with E-state index in [1.165, 1.54) is 0 Å². The minimum atomic E-state index is 0.378. The van der Waals surface area contributed by atoms with Crippen molar-refractivity contribution in [2.24, 2.45) is 0 Å². The molecule has 1 aliphatic rings. The second kappa shape index (κ2) is 4.25. The van der Waals surface area contributed by atoms with Gasteiger partial charge in [-0.25, -0.2) is 0 Å². The number of hydrogen-bond donors (Lipinski definition) is 0. The molecule has 0 spiro atoms. The number of pyridine rings is 1. The predicted octanol–water partition coefficient (Wildman–Crippen LogP) is 1.55. The molecule has 2 aromatic heterocycles. The summed E-state index contributed by atoms with van der Waals surface area (Å²) in [6.45, 7) is 2.09. The molecule has 1 atom stereocenters. The monoisotopic (exact) mass is 230 g/mol. The van der Waals surface area contributed by atoms with Crippen molar-refractivity contribution >= 4 is 0 Å². The Balaban J connectivity index is 1.84. The topological polar surface area (TPSA) is 55.1 Å². The van der Waals surface area contributed by atoms with Crippen LogP contribution in [0.4, 0.5) is 0 Å². The molecule has 0 bridgehead atoms. The van der Waals surface area contributed by atoms with Gasteiger partial charge in [0.15, 0.2) is 0 Å². The van der Waals surface area contributed by atoms with Crippen LogP contribution in [0.15, 0.2) is 28.9 Å². The quantitative estimate of drug-likeness (QED) is 0.783. The van der Waals surface area contributed by atoms with Crippen LogP contribution in [0.3, 0.4) is 0 Å². The van der Waals surface area contributed by atoms with Crippen molar-refractivity contribution in [3.05, 3.63) is 30.4 Å². The van der Waals surface area contributed by atoms with Gasteiger partial charge in [-0.2, -0.15) is 0 Å². The number of aromatic nitrogens is 3. The third-order valence-electron chi connectivity index (χ3n) is 3.11. The van der Waals surface area contributed by atoms with E-state index in [0.717, 1.165) is 31.0 Å². The summed E-state index contributed by atoms with van der Waals surface area (Å²) in [5.74, 6) is 1.71. The summed E-state index contributed by atoms with van der Waals surface area (Å²) in [5.41, 5.74) is 0.921. The Morgan fingerprint density at radius 3 is 2.82 bits per heavy atom. The largest absolute Gasteiger partial charge is 0.420 e. The smallest absolute Gasteiger partial charge is 0.247 e. The van der Waals surface area contributed by atoms with E-state index in [-0.39, 0.29) is 0 Å². The molecule has 2 aromatic rings. The van der Waals surface area contributed by atoms with Crippen LogP contribution >= 0.6 is 0 Å². The van der Waals surface area contributed by atoms with Gasteiger partial charge in [-0.15, -0.1) is 10.2 Å². The molecule has 0 N–H and O–H groups in total. The highest BCUT2D eigenvalue weighted by Crippen LogP contribution is 2.27. The lowest BCUT2D eigenvalue weighted by Crippen LogP contribution is -2.13. The highest BCUT2D eigenvalue weighted by atomic mass is 16.4. The summed E-state index contributed by atoms with van der Waals surface area (Å²) >= 11 is 0. The van der Waals surface area contributed by atoms with Gasteiger partial charge in [-0.05, 0) is 32.1 Å². The second-order valence-corrected chi connectivity index (χ2v) is 4.43. The maximum absolute atomic E-state index is 5.73. The van der Waals surface area contributed by atoms with Crippen LogP contribution < -0.4 is 0 Å². The van der Waals surface area contributed by atoms with Gasteiger partial charge in [0.05, 0.1) is 5.92 Å². The molecule has 17 heavy (non-hydrogen) atoms. The normalized spacial score (nSPS) is 20.9. The second-order valence-electron chi connectivity index (χ2n) is 4.43. The fraction of sp³-hybridized carbons (Fsp3) is 0.417. The van der Waals surface area contributed by atoms with Crippen LogP contribution in [-0.4, -0.2) is 40.2 Å². The molecule has 3 rings (SSSR count). The van der Waals surface area contributed by atoms with Crippen LogP contribution in [0, 0.1) is 0 Å². The van der Waals surface area contributed by atoms with Gasteiger partial charge in [0.25, 0.3) is 0 Å². The van der Waals surface area contributed by atoms with E-state index in [9.17, 15) is 0 Å². The standard InChI is InChI=1S/C12H14N4O/c1-16-7-4-10(8-16)12-15-14-11(17-12)9-2-5-13-6-3-9/h2-3,5-6,10H,4,7-8H2,1H3/t10-/m0/s1. The Labute approximate surface area is 99.5 Å². The zero-order chi connectivity index (χ0) is 11.7. The lowest BCUT2D eigenvalue weighted by molar-refractivity contribution is 0.394. The molecule has 0 amide bonds. The Kier molecular flexibility index (Phi) is 2.60. The fourth-order valence-electron chi connectivity index (χ4n) is 2.15. The average Bonchev–Trinajstić information content (AvgIpc) is 2.98. The molecule has 5 nitrogen and oxygen atoms in total. The highest BCUT2D eigenvalue weighted by molar-refractivity contribution is 5.50. The minimum Gasteiger partial charge on any atom is -0.420 e. The molecule has 3 heterocycles. The predicted molar refractivity (Wildman–Crippen MR) is 62.4 cm³/mol. The summed E-state index contributed by atoms with van der Waals surface area (Å²) in [5, 5.41) is 8.24. The van der Waals surface area contributed by atoms with Gasteiger partial charge < -0.3 is 9.32 Å². The summed E-state index contributed by atoms with van der Waals surface area (Å²) < 4.78 is 5.73. The fourth-order valence-corrected chi connectivity index (χ4v) is 2.15. The van der Waals surface area contributed by atoms with E-state index < -0.39 is 0 Å². The van der Waals surface area contributed by atoms with Crippen LogP contribution in [0.1, 0.15) is 18.2 Å². The Morgan fingerprint density at radius 1 is 1.29 bits per heavy atom. The molecular weight excluding hydrogens is 216 g/mol. The zero-order valence-corrected chi connectivity index (χ0v) is 9.71. The van der Waals surface area contributed by atoms with E-state index in [0.29, 0.717) is 11.8 Å². The Morgan fingerprint density at radius 2 is 2.12 bits per heavy atom. The molecule has 88 valence electrons. The number of nitrogens with zero attached hydrogens (tertiary/aromatic N) is 4. The zero-order valence-electron chi connectivity index (χ0n) is 9.71. The van der Waals surface area contributed by atoms with Crippen LogP contribution in [0.25, 0.3) is 11.5 Å². The van der Waals surface area contributed by atoms with Crippen molar-refractivity contribution in [2.45, 2.75) is 12.3 Å². The molecule has 0 aliphatic carbocycles. The molecule has 1 aliphatic heterocycles. The summed E-state index contributed by atoms with van der Waals surface area (Å²) in [4.78, 5) is 6.25. The third kappa shape index (κ3) is 2.06. The first-order chi connectivity index (χ1) is 8.33. The van der Waals surface area contributed by atoms with Crippen molar-refractivity contribution in [3.63, 3.8) is 0 Å². The molecule has 0 saturated carbocycles. The van der Waals surface area contributed by atoms with E-state index >= 15 is 0 Å². The lowest BCUT2D eigenvalue weighted by atomic mass is 10.1. The van der Waals surface area contributed by atoms with Crippen molar-refractivity contribution < 1.29 is 4.42 Å². The molecule has 5 heteroatoms. The van der Waals surface area contributed by atoms with Gasteiger partial charge in [0.1, 0.15) is 0 Å². The van der Waals surface area contributed by atoms with Gasteiger partial charge in [0.2, 0.25) is 11.8 Å². The average molecular weight is 230 g/mol. The summed E-state index contributed by atoms with van der Waals surface area (Å²) in [7, 11) is 2.11. The molecule has 0 radical (unpaired) electrons. The highest BCUT2D eigenvalue weighted by Gasteiger charge is 2.26. The summed E-state index contributed by atoms with van der Waals surface area (Å²) in [6.07, 6.45) is 4.54. The SMILES string of the molecule is CN1CC[C@H](c2nnc(-c3ccncc3)o2)C1. The third-order valence-corrected chi connectivity index (χ3v) is 3.11. The van der Waals surface area contributed by atoms with Crippen LogP contribution in [0.5, 0.6) is 0 Å². The van der Waals surface area contributed by atoms with Crippen LogP contribution in [0.2, 0.25) is 0 Å². The lowest BCUT2D eigenvalue weighted by Gasteiger charge is -2.05. The maximum Gasteiger partial charge on any atom is 0.247 e. The Hall–Kier alpha value is -1.75. The van der Waals surface area contributed by atoms with Crippen LogP contribution in [-0.2, 0) is 0 Å². The molecule has 0 unspecified atom stereocenters. The molecule has 1 saturated heterocycles. The Bertz CT molecular complexity index is 496. The maximum atomic E-state index is 5.73. The van der Waals surface area contributed by atoms with Crippen molar-refractivity contribution in [1.29, 1.82) is 0 Å². The van der Waals surface area contributed by atoms with Crippen molar-refractivity contribution in [1.82, 2.24) is 20.1 Å². The molecular formula is C12H14N4O. The number of likely N-dealkylation sites (tertiary alicyclic amines) is 1. The van der Waals surface area contributed by atoms with Gasteiger partial charge in [-0.3, -0.25) is 4.98 Å². The number of hydrogen-bond acceptors (Lipinski definition) is 5. The number of likely N-dealkylation sites (N-methyl/N-ethyl adjacent to an activating group) is 1. The van der Waals surface area contributed by atoms with Gasteiger partial charge in [0, 0.05) is 24.5 Å².